The van der Waals surface area contributed by atoms with Crippen LogP contribution in [0.15, 0.2) is 18.2 Å². The van der Waals surface area contributed by atoms with Crippen molar-refractivity contribution >= 4 is 23.3 Å². The number of benzene rings is 1. The van der Waals surface area contributed by atoms with Gasteiger partial charge in [0, 0.05) is 38.3 Å². The molecular formula is C21H28F3N5O4. The van der Waals surface area contributed by atoms with E-state index in [1.807, 2.05) is 0 Å². The van der Waals surface area contributed by atoms with Crippen molar-refractivity contribution in [3.63, 3.8) is 0 Å². The van der Waals surface area contributed by atoms with Crippen LogP contribution in [0.5, 0.6) is 0 Å². The minimum Gasteiger partial charge on any atom is -0.363 e. The first-order chi connectivity index (χ1) is 15.5. The Morgan fingerprint density at radius 1 is 1.15 bits per heavy atom. The highest BCUT2D eigenvalue weighted by Gasteiger charge is 2.34. The van der Waals surface area contributed by atoms with E-state index in [4.69, 9.17) is 0 Å². The number of piperazine rings is 1. The van der Waals surface area contributed by atoms with Gasteiger partial charge in [-0.2, -0.15) is 13.2 Å². The lowest BCUT2D eigenvalue weighted by molar-refractivity contribution is -0.384. The van der Waals surface area contributed by atoms with Crippen molar-refractivity contribution in [2.45, 2.75) is 44.8 Å². The number of anilines is 1. The molecule has 0 aromatic heterocycles. The Hall–Kier alpha value is -2.89. The van der Waals surface area contributed by atoms with Gasteiger partial charge in [-0.25, -0.2) is 4.79 Å². The minimum absolute atomic E-state index is 0.0173. The molecule has 1 aliphatic heterocycles. The zero-order chi connectivity index (χ0) is 24.2. The van der Waals surface area contributed by atoms with E-state index < -0.39 is 34.3 Å². The highest BCUT2D eigenvalue weighted by molar-refractivity contribution is 5.95. The fraction of sp³-hybridized carbons (Fsp3) is 0.619. The van der Waals surface area contributed by atoms with Gasteiger partial charge < -0.3 is 10.2 Å². The van der Waals surface area contributed by atoms with Gasteiger partial charge in [0.15, 0.2) is 0 Å². The second-order valence-electron chi connectivity index (χ2n) is 8.61. The fourth-order valence-corrected chi connectivity index (χ4v) is 4.36. The van der Waals surface area contributed by atoms with Gasteiger partial charge in [-0.3, -0.25) is 25.1 Å². The van der Waals surface area contributed by atoms with Crippen molar-refractivity contribution in [1.82, 2.24) is 15.5 Å². The quantitative estimate of drug-likeness (QED) is 0.505. The summed E-state index contributed by atoms with van der Waals surface area (Å²) in [6.45, 7) is 3.39. The number of nitro benzene ring substituents is 1. The van der Waals surface area contributed by atoms with Crippen molar-refractivity contribution in [1.29, 1.82) is 0 Å². The minimum atomic E-state index is -4.67. The molecule has 3 rings (SSSR count). The summed E-state index contributed by atoms with van der Waals surface area (Å²) in [7, 11) is 0. The van der Waals surface area contributed by atoms with Crippen LogP contribution >= 0.6 is 0 Å². The summed E-state index contributed by atoms with van der Waals surface area (Å²) in [5.74, 6) is -0.0909. The third-order valence-corrected chi connectivity index (χ3v) is 6.26. The van der Waals surface area contributed by atoms with Gasteiger partial charge in [0.2, 0.25) is 5.91 Å². The van der Waals surface area contributed by atoms with Crippen LogP contribution in [0.1, 0.15) is 38.2 Å². The first-order valence-electron chi connectivity index (χ1n) is 11.0. The van der Waals surface area contributed by atoms with Gasteiger partial charge in [0.1, 0.15) is 5.69 Å². The van der Waals surface area contributed by atoms with Crippen molar-refractivity contribution < 1.29 is 27.7 Å². The highest BCUT2D eigenvalue weighted by atomic mass is 19.4. The standard InChI is InChI=1S/C21H28F3N5O4/c1-14-4-2-3-5-16(14)25-20(31)26-19(30)13-27-8-10-28(11-9-27)17-7-6-15(21(22,23)24)12-18(17)29(32)33/h6-7,12,14,16H,2-5,8-11,13H2,1H3,(H2,25,26,30,31). The Morgan fingerprint density at radius 3 is 2.42 bits per heavy atom. The Labute approximate surface area is 189 Å². The van der Waals surface area contributed by atoms with E-state index in [2.05, 4.69) is 17.6 Å². The summed E-state index contributed by atoms with van der Waals surface area (Å²) in [6.07, 6.45) is -0.552. The Balaban J connectivity index is 1.51. The summed E-state index contributed by atoms with van der Waals surface area (Å²) in [6, 6.07) is 2.02. The molecule has 1 aromatic carbocycles. The SMILES string of the molecule is CC1CCCCC1NC(=O)NC(=O)CN1CCN(c2ccc(C(F)(F)F)cc2[N+](=O)[O-])CC1. The highest BCUT2D eigenvalue weighted by Crippen LogP contribution is 2.36. The van der Waals surface area contributed by atoms with Crippen LogP contribution in [0.3, 0.4) is 0 Å². The lowest BCUT2D eigenvalue weighted by atomic mass is 9.86. The van der Waals surface area contributed by atoms with Gasteiger partial charge in [0.25, 0.3) is 5.69 Å². The number of rotatable bonds is 5. The van der Waals surface area contributed by atoms with E-state index in [9.17, 15) is 32.9 Å². The summed E-state index contributed by atoms with van der Waals surface area (Å²) >= 11 is 0. The zero-order valence-electron chi connectivity index (χ0n) is 18.4. The number of amides is 3. The molecule has 2 aliphatic rings. The molecule has 0 bridgehead atoms. The number of nitrogens with one attached hydrogen (secondary N) is 2. The van der Waals surface area contributed by atoms with Gasteiger partial charge in [-0.15, -0.1) is 0 Å². The third kappa shape index (κ3) is 6.56. The number of hydrogen-bond donors (Lipinski definition) is 2. The summed E-state index contributed by atoms with van der Waals surface area (Å²) in [5.41, 5.74) is -1.57. The number of carbonyl (C=O) groups excluding carboxylic acids is 2. The van der Waals surface area contributed by atoms with Gasteiger partial charge in [-0.05, 0) is 30.9 Å². The molecule has 2 N–H and O–H groups in total. The molecule has 1 saturated heterocycles. The van der Waals surface area contributed by atoms with Gasteiger partial charge in [-0.1, -0.05) is 19.8 Å². The van der Waals surface area contributed by atoms with E-state index in [1.165, 1.54) is 0 Å². The predicted molar refractivity (Wildman–Crippen MR) is 115 cm³/mol. The smallest absolute Gasteiger partial charge is 0.363 e. The van der Waals surface area contributed by atoms with Crippen LogP contribution in [0.2, 0.25) is 0 Å². The number of carbonyl (C=O) groups is 2. The Bertz CT molecular complexity index is 887. The lowest BCUT2D eigenvalue weighted by Gasteiger charge is -2.35. The molecule has 1 aliphatic carbocycles. The molecule has 182 valence electrons. The number of alkyl halides is 3. The van der Waals surface area contributed by atoms with E-state index >= 15 is 0 Å². The third-order valence-electron chi connectivity index (χ3n) is 6.26. The molecule has 1 aromatic rings. The molecule has 1 saturated carbocycles. The molecule has 2 atom stereocenters. The number of hydrogen-bond acceptors (Lipinski definition) is 6. The maximum absolute atomic E-state index is 12.9. The molecule has 2 fully saturated rings. The van der Waals surface area contributed by atoms with Crippen molar-refractivity contribution in [3.05, 3.63) is 33.9 Å². The molecule has 33 heavy (non-hydrogen) atoms. The van der Waals surface area contributed by atoms with E-state index in [1.54, 1.807) is 9.80 Å². The normalized spacial score (nSPS) is 22.0. The fourth-order valence-electron chi connectivity index (χ4n) is 4.36. The van der Waals surface area contributed by atoms with E-state index in [-0.39, 0.29) is 18.3 Å². The van der Waals surface area contributed by atoms with Crippen molar-refractivity contribution in [3.8, 4) is 0 Å². The molecule has 1 heterocycles. The number of halogens is 3. The molecule has 0 radical (unpaired) electrons. The van der Waals surface area contributed by atoms with Crippen LogP contribution in [-0.2, 0) is 11.0 Å². The van der Waals surface area contributed by atoms with E-state index in [0.717, 1.165) is 37.8 Å². The Kier molecular flexibility index (Phi) is 7.77. The molecule has 3 amide bonds. The molecular weight excluding hydrogens is 443 g/mol. The average molecular weight is 471 g/mol. The largest absolute Gasteiger partial charge is 0.416 e. The monoisotopic (exact) mass is 471 g/mol. The van der Waals surface area contributed by atoms with E-state index in [0.29, 0.717) is 38.2 Å². The topological polar surface area (TPSA) is 108 Å². The number of imide groups is 1. The van der Waals surface area contributed by atoms with Gasteiger partial charge in [0.05, 0.1) is 17.0 Å². The van der Waals surface area contributed by atoms with Crippen LogP contribution in [0, 0.1) is 16.0 Å². The molecule has 0 spiro atoms. The van der Waals surface area contributed by atoms with Crippen LogP contribution in [-0.4, -0.2) is 60.5 Å². The van der Waals surface area contributed by atoms with Crippen molar-refractivity contribution in [2.75, 3.05) is 37.6 Å². The summed E-state index contributed by atoms with van der Waals surface area (Å²) in [5, 5.41) is 16.5. The molecule has 12 heteroatoms. The van der Waals surface area contributed by atoms with Gasteiger partial charge >= 0.3 is 12.2 Å². The van der Waals surface area contributed by atoms with Crippen LogP contribution in [0.4, 0.5) is 29.3 Å². The predicted octanol–water partition coefficient (Wildman–Crippen LogP) is 3.14. The molecule has 9 nitrogen and oxygen atoms in total. The van der Waals surface area contributed by atoms with Crippen molar-refractivity contribution in [2.24, 2.45) is 5.92 Å². The first-order valence-corrected chi connectivity index (χ1v) is 11.0. The lowest BCUT2D eigenvalue weighted by Crippen LogP contribution is -2.52. The Morgan fingerprint density at radius 2 is 1.82 bits per heavy atom. The zero-order valence-corrected chi connectivity index (χ0v) is 18.4. The summed E-state index contributed by atoms with van der Waals surface area (Å²) in [4.78, 5) is 38.3. The molecule has 2 unspecified atom stereocenters. The second-order valence-corrected chi connectivity index (χ2v) is 8.61. The number of nitro groups is 1. The first kappa shape index (κ1) is 24.7. The summed E-state index contributed by atoms with van der Waals surface area (Å²) < 4.78 is 38.7. The maximum Gasteiger partial charge on any atom is 0.416 e. The maximum atomic E-state index is 12.9. The van der Waals surface area contributed by atoms with Crippen LogP contribution in [0.25, 0.3) is 0 Å². The number of nitrogens with zero attached hydrogens (tertiary/aromatic N) is 3. The second kappa shape index (κ2) is 10.4. The number of urea groups is 1. The van der Waals surface area contributed by atoms with Crippen LogP contribution < -0.4 is 15.5 Å². The average Bonchev–Trinajstić information content (AvgIpc) is 2.74.